The monoisotopic (exact) mass is 600 g/mol. The third-order valence-corrected chi connectivity index (χ3v) is 7.33. The van der Waals surface area contributed by atoms with Crippen LogP contribution in [0.4, 0.5) is 28.9 Å². The first-order valence-corrected chi connectivity index (χ1v) is 13.4. The third kappa shape index (κ3) is 6.90. The molecule has 12 heteroatoms. The van der Waals surface area contributed by atoms with Crippen molar-refractivity contribution in [1.82, 2.24) is 5.32 Å². The van der Waals surface area contributed by atoms with E-state index in [1.165, 1.54) is 30.3 Å². The Balaban J connectivity index is 1.63. The lowest BCUT2D eigenvalue weighted by atomic mass is 9.82. The van der Waals surface area contributed by atoms with Gasteiger partial charge in [-0.15, -0.1) is 0 Å². The molecule has 1 unspecified atom stereocenters. The molecule has 3 aromatic carbocycles. The molecule has 1 heterocycles. The Morgan fingerprint density at radius 1 is 1.02 bits per heavy atom. The highest BCUT2D eigenvalue weighted by molar-refractivity contribution is 8.03. The van der Waals surface area contributed by atoms with E-state index >= 15 is 4.39 Å². The van der Waals surface area contributed by atoms with Crippen molar-refractivity contribution in [2.24, 2.45) is 0 Å². The van der Waals surface area contributed by atoms with Gasteiger partial charge in [0.1, 0.15) is 5.82 Å². The van der Waals surface area contributed by atoms with Crippen molar-refractivity contribution in [3.05, 3.63) is 117 Å². The summed E-state index contributed by atoms with van der Waals surface area (Å²) in [5.74, 6) is -3.50. The topological polar surface area (TPSA) is 94.0 Å². The van der Waals surface area contributed by atoms with Crippen LogP contribution in [0.1, 0.15) is 24.0 Å². The van der Waals surface area contributed by atoms with Gasteiger partial charge in [-0.2, -0.15) is 18.4 Å². The van der Waals surface area contributed by atoms with Gasteiger partial charge in [0, 0.05) is 27.5 Å². The number of halogens is 5. The van der Waals surface area contributed by atoms with Crippen molar-refractivity contribution in [2.45, 2.75) is 19.0 Å². The van der Waals surface area contributed by atoms with E-state index in [1.807, 2.05) is 6.07 Å². The van der Waals surface area contributed by atoms with Gasteiger partial charge in [-0.3, -0.25) is 9.59 Å². The number of allylic oxidation sites excluding steroid dienone is 2. The van der Waals surface area contributed by atoms with Crippen LogP contribution in [0.25, 0.3) is 0 Å². The minimum Gasteiger partial charge on any atom is -0.353 e. The summed E-state index contributed by atoms with van der Waals surface area (Å²) in [6.45, 7) is 1.57. The van der Waals surface area contributed by atoms with Crippen LogP contribution >= 0.6 is 23.4 Å². The molecule has 0 spiro atoms. The number of rotatable bonds is 7. The van der Waals surface area contributed by atoms with Gasteiger partial charge in [-0.1, -0.05) is 53.7 Å². The van der Waals surface area contributed by atoms with Gasteiger partial charge < -0.3 is 16.0 Å². The fourth-order valence-corrected chi connectivity index (χ4v) is 5.26. The fraction of sp³-hybridized carbons (Fsp3) is 0.138. The van der Waals surface area contributed by atoms with Crippen LogP contribution in [-0.4, -0.2) is 17.6 Å². The molecule has 3 aromatic rings. The number of benzene rings is 3. The molecule has 1 aliphatic rings. The second-order valence-corrected chi connectivity index (χ2v) is 10.2. The minimum absolute atomic E-state index is 0.0320. The fourth-order valence-electron chi connectivity index (χ4n) is 4.24. The molecule has 0 bridgehead atoms. The number of para-hydroxylation sites is 1. The molecule has 0 radical (unpaired) electrons. The predicted molar refractivity (Wildman–Crippen MR) is 150 cm³/mol. The van der Waals surface area contributed by atoms with Crippen molar-refractivity contribution in [1.29, 1.82) is 5.26 Å². The number of dihydropyridines is 1. The van der Waals surface area contributed by atoms with Crippen molar-refractivity contribution < 1.29 is 27.2 Å². The van der Waals surface area contributed by atoms with E-state index in [9.17, 15) is 28.0 Å². The van der Waals surface area contributed by atoms with Crippen LogP contribution in [-0.2, 0) is 15.8 Å². The van der Waals surface area contributed by atoms with E-state index in [-0.39, 0.29) is 27.5 Å². The molecule has 0 saturated carbocycles. The first kappa shape index (κ1) is 29.7. The maximum absolute atomic E-state index is 15.1. The Morgan fingerprint density at radius 3 is 2.34 bits per heavy atom. The van der Waals surface area contributed by atoms with Gasteiger partial charge in [0.2, 0.25) is 5.91 Å². The second-order valence-electron chi connectivity index (χ2n) is 8.81. The number of carbonyl (C=O) groups excluding carboxylic acids is 2. The number of anilines is 2. The molecule has 3 N–H and O–H groups in total. The Morgan fingerprint density at radius 2 is 1.68 bits per heavy atom. The molecule has 4 rings (SSSR count). The number of nitrogens with zero attached hydrogens (tertiary/aromatic N) is 1. The Hall–Kier alpha value is -4.27. The number of nitriles is 1. The summed E-state index contributed by atoms with van der Waals surface area (Å²) in [5.41, 5.74) is -0.573. The van der Waals surface area contributed by atoms with E-state index in [2.05, 4.69) is 16.0 Å². The first-order chi connectivity index (χ1) is 19.5. The molecular weight excluding hydrogens is 580 g/mol. The molecule has 2 amide bonds. The number of amides is 2. The van der Waals surface area contributed by atoms with Crippen LogP contribution in [0.5, 0.6) is 0 Å². The number of thioether (sulfide) groups is 1. The predicted octanol–water partition coefficient (Wildman–Crippen LogP) is 7.20. The van der Waals surface area contributed by atoms with E-state index in [4.69, 9.17) is 11.6 Å². The summed E-state index contributed by atoms with van der Waals surface area (Å²) in [6, 6.07) is 18.6. The zero-order valence-corrected chi connectivity index (χ0v) is 22.8. The normalized spacial score (nSPS) is 15.2. The lowest BCUT2D eigenvalue weighted by Gasteiger charge is -2.30. The maximum atomic E-state index is 15.1. The zero-order chi connectivity index (χ0) is 29.7. The van der Waals surface area contributed by atoms with Crippen molar-refractivity contribution in [3.63, 3.8) is 0 Å². The van der Waals surface area contributed by atoms with Gasteiger partial charge in [-0.25, -0.2) is 4.39 Å². The van der Waals surface area contributed by atoms with Gasteiger partial charge in [0.25, 0.3) is 5.91 Å². The zero-order valence-electron chi connectivity index (χ0n) is 21.3. The standard InChI is InChI=1S/C29H21ClF4N4O2S/c1-16-25(27(40)37-18-12-10-17(30)11-13-18)26(19-6-2-4-8-22(19)31)20(14-35)28(36-16)41-15-24(39)38-23-9-5-3-7-21(23)29(32,33)34/h2-13,26,36H,15H2,1H3,(H,37,40)(H,38,39). The first-order valence-electron chi connectivity index (χ1n) is 12.0. The SMILES string of the molecule is CC1=C(C(=O)Nc2ccc(Cl)cc2)C(c2ccccc2F)C(C#N)=C(SCC(=O)Nc2ccccc2C(F)(F)F)N1. The summed E-state index contributed by atoms with van der Waals surface area (Å²) in [7, 11) is 0. The largest absolute Gasteiger partial charge is 0.418 e. The average molecular weight is 601 g/mol. The number of hydrogen-bond donors (Lipinski definition) is 3. The van der Waals surface area contributed by atoms with Gasteiger partial charge in [0.05, 0.1) is 39.6 Å². The van der Waals surface area contributed by atoms with Crippen molar-refractivity contribution in [3.8, 4) is 6.07 Å². The lowest BCUT2D eigenvalue weighted by molar-refractivity contribution is -0.137. The summed E-state index contributed by atoms with van der Waals surface area (Å²) >= 11 is 6.77. The number of alkyl halides is 3. The summed E-state index contributed by atoms with van der Waals surface area (Å²) in [5, 5.41) is 18.7. The van der Waals surface area contributed by atoms with E-state index in [1.54, 1.807) is 37.3 Å². The quantitative estimate of drug-likeness (QED) is 0.249. The van der Waals surface area contributed by atoms with Crippen LogP contribution in [0.2, 0.25) is 5.02 Å². The average Bonchev–Trinajstić information content (AvgIpc) is 2.92. The Labute approximate surface area is 242 Å². The highest BCUT2D eigenvalue weighted by atomic mass is 35.5. The number of hydrogen-bond acceptors (Lipinski definition) is 5. The smallest absolute Gasteiger partial charge is 0.353 e. The molecule has 0 fully saturated rings. The summed E-state index contributed by atoms with van der Waals surface area (Å²) < 4.78 is 55.0. The highest BCUT2D eigenvalue weighted by Gasteiger charge is 2.37. The molecule has 1 atom stereocenters. The minimum atomic E-state index is -4.67. The van der Waals surface area contributed by atoms with Crippen LogP contribution in [0.3, 0.4) is 0 Å². The van der Waals surface area contributed by atoms with Gasteiger partial charge in [-0.05, 0) is 49.4 Å². The van der Waals surface area contributed by atoms with E-state index in [0.717, 1.165) is 23.9 Å². The maximum Gasteiger partial charge on any atom is 0.418 e. The van der Waals surface area contributed by atoms with Gasteiger partial charge in [0.15, 0.2) is 0 Å². The molecule has 6 nitrogen and oxygen atoms in total. The van der Waals surface area contributed by atoms with Crippen LogP contribution in [0, 0.1) is 17.1 Å². The van der Waals surface area contributed by atoms with Crippen LogP contribution < -0.4 is 16.0 Å². The third-order valence-electron chi connectivity index (χ3n) is 6.06. The summed E-state index contributed by atoms with van der Waals surface area (Å²) in [4.78, 5) is 26.1. The van der Waals surface area contributed by atoms with Crippen LogP contribution in [0.15, 0.2) is 94.7 Å². The van der Waals surface area contributed by atoms with E-state index < -0.39 is 41.0 Å². The van der Waals surface area contributed by atoms with Crippen molar-refractivity contribution >= 4 is 46.6 Å². The molecule has 0 saturated heterocycles. The highest BCUT2D eigenvalue weighted by Crippen LogP contribution is 2.42. The molecular formula is C29H21ClF4N4O2S. The van der Waals surface area contributed by atoms with E-state index in [0.29, 0.717) is 16.4 Å². The molecule has 0 aromatic heterocycles. The number of nitrogens with one attached hydrogen (secondary N) is 3. The molecule has 1 aliphatic heterocycles. The number of carbonyl (C=O) groups is 2. The second kappa shape index (κ2) is 12.5. The lowest BCUT2D eigenvalue weighted by Crippen LogP contribution is -2.31. The Bertz CT molecular complexity index is 1600. The molecule has 41 heavy (non-hydrogen) atoms. The molecule has 0 aliphatic carbocycles. The summed E-state index contributed by atoms with van der Waals surface area (Å²) in [6.07, 6.45) is -4.67. The Kier molecular flexibility index (Phi) is 9.05. The molecule has 210 valence electrons. The van der Waals surface area contributed by atoms with Crippen molar-refractivity contribution in [2.75, 3.05) is 16.4 Å². The van der Waals surface area contributed by atoms with Gasteiger partial charge >= 0.3 is 6.18 Å².